The number of fused-ring (bicyclic) bond motifs is 3. The Morgan fingerprint density at radius 3 is 2.68 bits per heavy atom. The molecule has 0 radical (unpaired) electrons. The quantitative estimate of drug-likeness (QED) is 0.550. The second-order valence-electron chi connectivity index (χ2n) is 6.25. The van der Waals surface area contributed by atoms with Crippen LogP contribution in [0.5, 0.6) is 0 Å². The van der Waals surface area contributed by atoms with Crippen molar-refractivity contribution < 1.29 is 0 Å². The molecular weight excluding hydrogens is 268 g/mol. The number of nitrogens with zero attached hydrogens (tertiary/aromatic N) is 2. The second kappa shape index (κ2) is 5.50. The molecule has 0 N–H and O–H groups in total. The third-order valence-electron chi connectivity index (χ3n) is 4.76. The number of hydrogen-bond acceptors (Lipinski definition) is 1. The monoisotopic (exact) mass is 288 g/mol. The van der Waals surface area contributed by atoms with E-state index in [0.29, 0.717) is 5.92 Å². The number of benzene rings is 1. The van der Waals surface area contributed by atoms with E-state index in [0.717, 1.165) is 11.3 Å². The summed E-state index contributed by atoms with van der Waals surface area (Å²) >= 11 is 0. The number of para-hydroxylation sites is 1. The zero-order valence-electron chi connectivity index (χ0n) is 13.0. The molecule has 2 aromatic heterocycles. The number of aryl methyl sites for hydroxylation is 1. The van der Waals surface area contributed by atoms with Crippen molar-refractivity contribution in [3.63, 3.8) is 0 Å². The van der Waals surface area contributed by atoms with E-state index in [4.69, 9.17) is 4.98 Å². The normalized spacial score (nSPS) is 15.9. The van der Waals surface area contributed by atoms with Crippen LogP contribution in [0.3, 0.4) is 0 Å². The molecule has 0 atom stereocenters. The molecule has 22 heavy (non-hydrogen) atoms. The van der Waals surface area contributed by atoms with Crippen LogP contribution in [0.15, 0.2) is 36.4 Å². The van der Waals surface area contributed by atoms with Gasteiger partial charge in [-0.15, -0.1) is 0 Å². The van der Waals surface area contributed by atoms with Crippen LogP contribution in [-0.4, -0.2) is 9.55 Å². The highest BCUT2D eigenvalue weighted by molar-refractivity contribution is 6.06. The van der Waals surface area contributed by atoms with Crippen molar-refractivity contribution in [3.8, 4) is 11.8 Å². The minimum atomic E-state index is 0.568. The highest BCUT2D eigenvalue weighted by atomic mass is 15.0. The summed E-state index contributed by atoms with van der Waals surface area (Å²) < 4.78 is 2.16. The lowest BCUT2D eigenvalue weighted by atomic mass is 9.90. The molecule has 0 bridgehead atoms. The summed E-state index contributed by atoms with van der Waals surface area (Å²) in [5, 5.41) is 2.47. The van der Waals surface area contributed by atoms with Crippen molar-refractivity contribution in [3.05, 3.63) is 42.1 Å². The number of pyridine rings is 1. The minimum absolute atomic E-state index is 0.568. The molecule has 0 spiro atoms. The van der Waals surface area contributed by atoms with Gasteiger partial charge in [-0.3, -0.25) is 0 Å². The zero-order chi connectivity index (χ0) is 14.9. The van der Waals surface area contributed by atoms with Gasteiger partial charge in [0.25, 0.3) is 0 Å². The summed E-state index contributed by atoms with van der Waals surface area (Å²) in [5.74, 6) is 7.31. The van der Waals surface area contributed by atoms with Gasteiger partial charge in [0.1, 0.15) is 11.3 Å². The van der Waals surface area contributed by atoms with Gasteiger partial charge < -0.3 is 4.57 Å². The van der Waals surface area contributed by atoms with E-state index in [9.17, 15) is 0 Å². The predicted octanol–water partition coefficient (Wildman–Crippen LogP) is 4.66. The highest BCUT2D eigenvalue weighted by Gasteiger charge is 2.11. The van der Waals surface area contributed by atoms with Gasteiger partial charge >= 0.3 is 0 Å². The fourth-order valence-electron chi connectivity index (χ4n) is 3.51. The minimum Gasteiger partial charge on any atom is -0.328 e. The Morgan fingerprint density at radius 2 is 1.82 bits per heavy atom. The summed E-state index contributed by atoms with van der Waals surface area (Å²) in [6.07, 6.45) is 6.54. The summed E-state index contributed by atoms with van der Waals surface area (Å²) in [7, 11) is 2.08. The first-order valence-electron chi connectivity index (χ1n) is 8.18. The second-order valence-corrected chi connectivity index (χ2v) is 6.25. The average Bonchev–Trinajstić information content (AvgIpc) is 2.87. The molecule has 0 saturated heterocycles. The molecule has 4 rings (SSSR count). The first-order valence-corrected chi connectivity index (χ1v) is 8.18. The summed E-state index contributed by atoms with van der Waals surface area (Å²) in [6.45, 7) is 0. The molecule has 2 heteroatoms. The van der Waals surface area contributed by atoms with Crippen LogP contribution in [0.2, 0.25) is 0 Å². The molecule has 1 aromatic carbocycles. The van der Waals surface area contributed by atoms with Gasteiger partial charge in [-0.2, -0.15) is 0 Å². The Labute approximate surface area is 131 Å². The van der Waals surface area contributed by atoms with Gasteiger partial charge in [0.15, 0.2) is 0 Å². The Kier molecular flexibility index (Phi) is 3.35. The van der Waals surface area contributed by atoms with Crippen molar-refractivity contribution in [1.82, 2.24) is 9.55 Å². The molecule has 0 amide bonds. The Morgan fingerprint density at radius 1 is 1.00 bits per heavy atom. The standard InChI is InChI=1S/C20H20N2/c1-22-19-10-6-5-9-17(19)18-14-13-16(21-20(18)22)12-11-15-7-3-2-4-8-15/h5-6,9-10,13-15H,2-4,7-8H2,1H3. The molecule has 1 aliphatic rings. The third kappa shape index (κ3) is 2.27. The van der Waals surface area contributed by atoms with E-state index >= 15 is 0 Å². The predicted molar refractivity (Wildman–Crippen MR) is 91.7 cm³/mol. The number of hydrogen-bond donors (Lipinski definition) is 0. The van der Waals surface area contributed by atoms with E-state index in [2.05, 4.69) is 59.9 Å². The van der Waals surface area contributed by atoms with Gasteiger partial charge in [-0.05, 0) is 37.0 Å². The summed E-state index contributed by atoms with van der Waals surface area (Å²) in [4.78, 5) is 4.79. The molecule has 1 fully saturated rings. The van der Waals surface area contributed by atoms with Crippen LogP contribution < -0.4 is 0 Å². The van der Waals surface area contributed by atoms with E-state index in [1.807, 2.05) is 0 Å². The largest absolute Gasteiger partial charge is 0.328 e. The summed E-state index contributed by atoms with van der Waals surface area (Å²) in [5.41, 5.74) is 3.14. The van der Waals surface area contributed by atoms with Gasteiger partial charge in [0, 0.05) is 23.7 Å². The number of aromatic nitrogens is 2. The first kappa shape index (κ1) is 13.4. The lowest BCUT2D eigenvalue weighted by Crippen LogP contribution is -2.03. The van der Waals surface area contributed by atoms with Crippen LogP contribution in [-0.2, 0) is 7.05 Å². The van der Waals surface area contributed by atoms with Crippen molar-refractivity contribution >= 4 is 21.9 Å². The topological polar surface area (TPSA) is 17.8 Å². The van der Waals surface area contributed by atoms with Crippen LogP contribution in [0, 0.1) is 17.8 Å². The SMILES string of the molecule is Cn1c2ccccc2c2ccc(C#CC3CCCCC3)nc21. The maximum absolute atomic E-state index is 4.79. The lowest BCUT2D eigenvalue weighted by molar-refractivity contribution is 0.430. The van der Waals surface area contributed by atoms with Crippen molar-refractivity contribution in [2.24, 2.45) is 13.0 Å². The van der Waals surface area contributed by atoms with E-state index < -0.39 is 0 Å². The van der Waals surface area contributed by atoms with Crippen molar-refractivity contribution in [2.45, 2.75) is 32.1 Å². The molecule has 2 nitrogen and oxygen atoms in total. The number of rotatable bonds is 0. The zero-order valence-corrected chi connectivity index (χ0v) is 13.0. The molecule has 0 aliphatic heterocycles. The smallest absolute Gasteiger partial charge is 0.142 e. The van der Waals surface area contributed by atoms with Gasteiger partial charge in [-0.25, -0.2) is 4.98 Å². The average molecular weight is 288 g/mol. The third-order valence-corrected chi connectivity index (χ3v) is 4.76. The van der Waals surface area contributed by atoms with Crippen molar-refractivity contribution in [1.29, 1.82) is 0 Å². The van der Waals surface area contributed by atoms with Gasteiger partial charge in [0.05, 0.1) is 5.52 Å². The van der Waals surface area contributed by atoms with Crippen LogP contribution in [0.25, 0.3) is 21.9 Å². The lowest BCUT2D eigenvalue weighted by Gasteiger charge is -2.15. The Bertz CT molecular complexity index is 886. The van der Waals surface area contributed by atoms with Crippen molar-refractivity contribution in [2.75, 3.05) is 0 Å². The van der Waals surface area contributed by atoms with E-state index in [1.165, 1.54) is 48.4 Å². The molecule has 3 aromatic rings. The van der Waals surface area contributed by atoms with Gasteiger partial charge in [0.2, 0.25) is 0 Å². The van der Waals surface area contributed by atoms with Crippen LogP contribution >= 0.6 is 0 Å². The molecule has 0 unspecified atom stereocenters. The molecule has 1 saturated carbocycles. The van der Waals surface area contributed by atoms with E-state index in [1.54, 1.807) is 0 Å². The maximum Gasteiger partial charge on any atom is 0.142 e. The van der Waals surface area contributed by atoms with Gasteiger partial charge in [-0.1, -0.05) is 43.4 Å². The first-order chi connectivity index (χ1) is 10.8. The van der Waals surface area contributed by atoms with E-state index in [-0.39, 0.29) is 0 Å². The molecule has 1 aliphatic carbocycles. The fraction of sp³-hybridized carbons (Fsp3) is 0.350. The molecule has 110 valence electrons. The van der Waals surface area contributed by atoms with Crippen LogP contribution in [0.1, 0.15) is 37.8 Å². The molecule has 2 heterocycles. The molecular formula is C20H20N2. The fourth-order valence-corrected chi connectivity index (χ4v) is 3.51. The van der Waals surface area contributed by atoms with Crippen LogP contribution in [0.4, 0.5) is 0 Å². The maximum atomic E-state index is 4.79. The summed E-state index contributed by atoms with van der Waals surface area (Å²) in [6, 6.07) is 12.7. The highest BCUT2D eigenvalue weighted by Crippen LogP contribution is 2.27. The Hall–Kier alpha value is -2.27. The Balaban J connectivity index is 1.76.